The van der Waals surface area contributed by atoms with E-state index in [1.807, 2.05) is 6.92 Å². The third-order valence-corrected chi connectivity index (χ3v) is 3.35. The Morgan fingerprint density at radius 1 is 1.60 bits per heavy atom. The summed E-state index contributed by atoms with van der Waals surface area (Å²) in [6, 6.07) is 5.21. The molecule has 1 aromatic carbocycles. The number of hydrogen-bond acceptors (Lipinski definition) is 3. The molecule has 1 heterocycles. The molecule has 1 amide bonds. The van der Waals surface area contributed by atoms with Crippen molar-refractivity contribution in [2.24, 2.45) is 11.0 Å². The Bertz CT molecular complexity index is 557. The van der Waals surface area contributed by atoms with Gasteiger partial charge in [-0.2, -0.15) is 0 Å². The summed E-state index contributed by atoms with van der Waals surface area (Å²) in [6.45, 7) is 3.23. The van der Waals surface area contributed by atoms with Gasteiger partial charge in [0, 0.05) is 29.4 Å². The molecule has 0 aromatic heterocycles. The number of rotatable bonds is 5. The molecule has 0 saturated carbocycles. The maximum Gasteiger partial charge on any atom is 0.227 e. The minimum Gasteiger partial charge on any atom is -0.492 e. The average molecular weight is 295 g/mol. The Labute approximate surface area is 121 Å². The maximum atomic E-state index is 12.1. The Kier molecular flexibility index (Phi) is 4.71. The second-order valence-corrected chi connectivity index (χ2v) is 4.97. The molecule has 0 spiro atoms. The van der Waals surface area contributed by atoms with Crippen LogP contribution in [-0.4, -0.2) is 25.6 Å². The average Bonchev–Trinajstić information content (AvgIpc) is 2.80. The summed E-state index contributed by atoms with van der Waals surface area (Å²) in [5, 5.41) is 4.09. The Morgan fingerprint density at radius 3 is 3.10 bits per heavy atom. The maximum absolute atomic E-state index is 12.1. The van der Waals surface area contributed by atoms with Crippen LogP contribution in [0.3, 0.4) is 0 Å². The topological polar surface area (TPSA) is 78.3 Å². The van der Waals surface area contributed by atoms with E-state index < -0.39 is 0 Å². The number of azide groups is 1. The van der Waals surface area contributed by atoms with Crippen LogP contribution in [0.1, 0.15) is 13.3 Å². The predicted molar refractivity (Wildman–Crippen MR) is 77.1 cm³/mol. The van der Waals surface area contributed by atoms with Crippen molar-refractivity contribution >= 4 is 23.2 Å². The van der Waals surface area contributed by atoms with Gasteiger partial charge in [-0.25, -0.2) is 0 Å². The first-order chi connectivity index (χ1) is 9.65. The number of carbonyl (C=O) groups is 1. The van der Waals surface area contributed by atoms with Crippen molar-refractivity contribution in [1.29, 1.82) is 0 Å². The molecule has 1 aromatic rings. The normalized spacial score (nSPS) is 18.0. The van der Waals surface area contributed by atoms with Gasteiger partial charge in [0.25, 0.3) is 0 Å². The van der Waals surface area contributed by atoms with Crippen molar-refractivity contribution in [3.8, 4) is 5.75 Å². The van der Waals surface area contributed by atoms with Crippen LogP contribution in [0, 0.1) is 5.92 Å². The van der Waals surface area contributed by atoms with Gasteiger partial charge in [0.1, 0.15) is 5.75 Å². The zero-order valence-corrected chi connectivity index (χ0v) is 11.9. The van der Waals surface area contributed by atoms with Crippen LogP contribution in [-0.2, 0) is 4.79 Å². The van der Waals surface area contributed by atoms with Gasteiger partial charge in [0.05, 0.1) is 12.3 Å². The van der Waals surface area contributed by atoms with Crippen LogP contribution >= 0.6 is 11.6 Å². The molecule has 1 fully saturated rings. The van der Waals surface area contributed by atoms with Crippen LogP contribution in [0.15, 0.2) is 23.3 Å². The van der Waals surface area contributed by atoms with Gasteiger partial charge < -0.3 is 9.64 Å². The number of benzene rings is 1. The highest BCUT2D eigenvalue weighted by molar-refractivity contribution is 6.31. The second-order valence-electron chi connectivity index (χ2n) is 4.53. The molecule has 1 unspecified atom stereocenters. The Balaban J connectivity index is 2.24. The third-order valence-electron chi connectivity index (χ3n) is 3.12. The highest BCUT2D eigenvalue weighted by Gasteiger charge is 2.31. The Morgan fingerprint density at radius 2 is 2.40 bits per heavy atom. The van der Waals surface area contributed by atoms with E-state index in [9.17, 15) is 4.79 Å². The SMILES string of the molecule is CCOc1ccc(Cl)cc1N1CC(CN=[N+]=[N-])CC1=O. The smallest absolute Gasteiger partial charge is 0.227 e. The summed E-state index contributed by atoms with van der Waals surface area (Å²) < 4.78 is 5.53. The fourth-order valence-electron chi connectivity index (χ4n) is 2.27. The number of carbonyl (C=O) groups excluding carboxylic acids is 1. The largest absolute Gasteiger partial charge is 0.492 e. The molecule has 0 bridgehead atoms. The van der Waals surface area contributed by atoms with E-state index in [-0.39, 0.29) is 11.8 Å². The number of anilines is 1. The van der Waals surface area contributed by atoms with E-state index in [1.165, 1.54) is 0 Å². The van der Waals surface area contributed by atoms with E-state index in [0.717, 1.165) is 0 Å². The third kappa shape index (κ3) is 3.15. The summed E-state index contributed by atoms with van der Waals surface area (Å²) in [4.78, 5) is 16.5. The molecule has 0 N–H and O–H groups in total. The zero-order valence-electron chi connectivity index (χ0n) is 11.1. The molecule has 106 valence electrons. The quantitative estimate of drug-likeness (QED) is 0.474. The molecule has 1 aliphatic heterocycles. The number of amides is 1. The molecule has 0 aliphatic carbocycles. The van der Waals surface area contributed by atoms with Gasteiger partial charge in [0.2, 0.25) is 5.91 Å². The lowest BCUT2D eigenvalue weighted by Crippen LogP contribution is -2.25. The molecule has 1 saturated heterocycles. The molecule has 1 aliphatic rings. The monoisotopic (exact) mass is 294 g/mol. The fraction of sp³-hybridized carbons (Fsp3) is 0.462. The van der Waals surface area contributed by atoms with Crippen molar-refractivity contribution in [3.63, 3.8) is 0 Å². The summed E-state index contributed by atoms with van der Waals surface area (Å²) in [5.41, 5.74) is 9.02. The van der Waals surface area contributed by atoms with Crippen LogP contribution in [0.4, 0.5) is 5.69 Å². The minimum absolute atomic E-state index is 0.00800. The minimum atomic E-state index is -0.00800. The van der Waals surface area contributed by atoms with Gasteiger partial charge >= 0.3 is 0 Å². The van der Waals surface area contributed by atoms with E-state index in [4.69, 9.17) is 21.9 Å². The van der Waals surface area contributed by atoms with Crippen LogP contribution in [0.25, 0.3) is 10.4 Å². The van der Waals surface area contributed by atoms with E-state index in [0.29, 0.717) is 42.6 Å². The van der Waals surface area contributed by atoms with Crippen molar-refractivity contribution in [1.82, 2.24) is 0 Å². The predicted octanol–water partition coefficient (Wildman–Crippen LogP) is 3.40. The van der Waals surface area contributed by atoms with E-state index in [2.05, 4.69) is 10.0 Å². The second kappa shape index (κ2) is 6.50. The first-order valence-electron chi connectivity index (χ1n) is 6.39. The molecule has 6 nitrogen and oxygen atoms in total. The van der Waals surface area contributed by atoms with Crippen LogP contribution in [0.5, 0.6) is 5.75 Å². The number of nitrogens with zero attached hydrogens (tertiary/aromatic N) is 4. The molecule has 2 rings (SSSR count). The zero-order chi connectivity index (χ0) is 14.5. The van der Waals surface area contributed by atoms with Gasteiger partial charge in [-0.15, -0.1) is 0 Å². The molecular formula is C13H15ClN4O2. The van der Waals surface area contributed by atoms with Gasteiger partial charge in [-0.3, -0.25) is 4.79 Å². The van der Waals surface area contributed by atoms with Crippen LogP contribution < -0.4 is 9.64 Å². The van der Waals surface area contributed by atoms with Gasteiger partial charge in [-0.1, -0.05) is 16.7 Å². The number of hydrogen-bond donors (Lipinski definition) is 0. The summed E-state index contributed by atoms with van der Waals surface area (Å²) in [5.74, 6) is 0.660. The lowest BCUT2D eigenvalue weighted by atomic mass is 10.1. The van der Waals surface area contributed by atoms with Crippen LogP contribution in [0.2, 0.25) is 5.02 Å². The molecule has 7 heteroatoms. The summed E-state index contributed by atoms with van der Waals surface area (Å²) in [6.07, 6.45) is 0.372. The van der Waals surface area contributed by atoms with Crippen molar-refractivity contribution in [2.45, 2.75) is 13.3 Å². The van der Waals surface area contributed by atoms with E-state index >= 15 is 0 Å². The fourth-order valence-corrected chi connectivity index (χ4v) is 2.43. The van der Waals surface area contributed by atoms with Gasteiger partial charge in [0.15, 0.2) is 0 Å². The van der Waals surface area contributed by atoms with E-state index in [1.54, 1.807) is 23.1 Å². The van der Waals surface area contributed by atoms with Crippen molar-refractivity contribution in [3.05, 3.63) is 33.7 Å². The number of ether oxygens (including phenoxy) is 1. The lowest BCUT2D eigenvalue weighted by molar-refractivity contribution is -0.117. The highest BCUT2D eigenvalue weighted by atomic mass is 35.5. The molecule has 1 atom stereocenters. The van der Waals surface area contributed by atoms with Crippen molar-refractivity contribution < 1.29 is 9.53 Å². The Hall–Kier alpha value is -1.91. The summed E-state index contributed by atoms with van der Waals surface area (Å²) in [7, 11) is 0. The first kappa shape index (κ1) is 14.5. The standard InChI is InChI=1S/C13H15ClN4O2/c1-2-20-12-4-3-10(14)6-11(12)18-8-9(5-13(18)19)7-16-17-15/h3-4,6,9H,2,5,7-8H2,1H3. The van der Waals surface area contributed by atoms with Gasteiger partial charge in [-0.05, 0) is 36.6 Å². The van der Waals surface area contributed by atoms with Crippen molar-refractivity contribution in [2.75, 3.05) is 24.6 Å². The highest BCUT2D eigenvalue weighted by Crippen LogP contribution is 2.35. The first-order valence-corrected chi connectivity index (χ1v) is 6.77. The summed E-state index contributed by atoms with van der Waals surface area (Å²) >= 11 is 6.00. The molecule has 0 radical (unpaired) electrons. The molecule has 20 heavy (non-hydrogen) atoms. The molecular weight excluding hydrogens is 280 g/mol. The lowest BCUT2D eigenvalue weighted by Gasteiger charge is -2.20. The number of halogens is 1.